The minimum absolute atomic E-state index is 0.0790. The molecule has 3 aromatic rings. The van der Waals surface area contributed by atoms with E-state index in [9.17, 15) is 14.7 Å². The van der Waals surface area contributed by atoms with Gasteiger partial charge in [0.1, 0.15) is 0 Å². The third-order valence-electron chi connectivity index (χ3n) is 3.32. The summed E-state index contributed by atoms with van der Waals surface area (Å²) in [5.41, 5.74) is 0.219. The van der Waals surface area contributed by atoms with Crippen molar-refractivity contribution in [3.05, 3.63) is 59.7 Å². The van der Waals surface area contributed by atoms with Crippen LogP contribution in [0.5, 0.6) is 0 Å². The Labute approximate surface area is 113 Å². The summed E-state index contributed by atoms with van der Waals surface area (Å²) in [5, 5.41) is 21.1. The summed E-state index contributed by atoms with van der Waals surface area (Å²) >= 11 is 0. The molecule has 0 aliphatic rings. The zero-order valence-electron chi connectivity index (χ0n) is 10.3. The van der Waals surface area contributed by atoms with Crippen molar-refractivity contribution >= 4 is 33.5 Å². The van der Waals surface area contributed by atoms with Crippen molar-refractivity contribution in [2.75, 3.05) is 0 Å². The predicted octanol–water partition coefficient (Wildman–Crippen LogP) is 3.39. The summed E-state index contributed by atoms with van der Waals surface area (Å²) < 4.78 is 0. The summed E-state index contributed by atoms with van der Waals surface area (Å²) in [6.45, 7) is 0. The first-order chi connectivity index (χ1) is 9.58. The van der Waals surface area contributed by atoms with E-state index in [2.05, 4.69) is 0 Å². The molecule has 4 heteroatoms. The van der Waals surface area contributed by atoms with Gasteiger partial charge in [0.05, 0.1) is 11.1 Å². The number of rotatable bonds is 2. The Kier molecular flexibility index (Phi) is 2.64. The van der Waals surface area contributed by atoms with E-state index in [-0.39, 0.29) is 11.1 Å². The molecule has 0 heterocycles. The fourth-order valence-corrected chi connectivity index (χ4v) is 2.43. The molecule has 0 spiro atoms. The van der Waals surface area contributed by atoms with E-state index in [1.807, 2.05) is 18.2 Å². The SMILES string of the molecule is O=C(O)c1ccc2cc3ccccc3c(C(=O)O)c2c1. The zero-order chi connectivity index (χ0) is 14.3. The molecule has 0 unspecified atom stereocenters. The van der Waals surface area contributed by atoms with Crippen LogP contribution in [-0.4, -0.2) is 22.2 Å². The fraction of sp³-hybridized carbons (Fsp3) is 0. The molecule has 0 atom stereocenters. The third kappa shape index (κ3) is 1.78. The van der Waals surface area contributed by atoms with Gasteiger partial charge in [0, 0.05) is 0 Å². The molecule has 4 nitrogen and oxygen atoms in total. The molecule has 0 bridgehead atoms. The van der Waals surface area contributed by atoms with E-state index >= 15 is 0 Å². The lowest BCUT2D eigenvalue weighted by Gasteiger charge is -2.08. The van der Waals surface area contributed by atoms with Gasteiger partial charge in [-0.1, -0.05) is 30.3 Å². The summed E-state index contributed by atoms with van der Waals surface area (Å²) in [4.78, 5) is 22.6. The Bertz CT molecular complexity index is 865. The Hall–Kier alpha value is -2.88. The average molecular weight is 266 g/mol. The van der Waals surface area contributed by atoms with Gasteiger partial charge in [-0.15, -0.1) is 0 Å². The quantitative estimate of drug-likeness (QED) is 0.697. The van der Waals surface area contributed by atoms with Gasteiger partial charge in [-0.3, -0.25) is 0 Å². The first-order valence-corrected chi connectivity index (χ1v) is 6.00. The van der Waals surface area contributed by atoms with Crippen molar-refractivity contribution in [1.29, 1.82) is 0 Å². The van der Waals surface area contributed by atoms with Gasteiger partial charge in [0.2, 0.25) is 0 Å². The standard InChI is InChI=1S/C16H10O4/c17-15(18)11-6-5-10-7-9-3-1-2-4-12(9)14(16(19)20)13(10)8-11/h1-8H,(H,17,18)(H,19,20). The Balaban J connectivity index is 2.52. The maximum atomic E-state index is 11.6. The highest BCUT2D eigenvalue weighted by molar-refractivity contribution is 6.16. The molecule has 0 radical (unpaired) electrons. The minimum atomic E-state index is -1.07. The van der Waals surface area contributed by atoms with Crippen LogP contribution >= 0.6 is 0 Å². The van der Waals surface area contributed by atoms with Crippen molar-refractivity contribution in [1.82, 2.24) is 0 Å². The molecular weight excluding hydrogens is 256 g/mol. The molecule has 0 aliphatic carbocycles. The van der Waals surface area contributed by atoms with Crippen LogP contribution < -0.4 is 0 Å². The van der Waals surface area contributed by atoms with Crippen LogP contribution in [0.25, 0.3) is 21.5 Å². The monoisotopic (exact) mass is 266 g/mol. The molecule has 0 amide bonds. The lowest BCUT2D eigenvalue weighted by molar-refractivity contribution is 0.0686. The molecule has 0 saturated heterocycles. The second kappa shape index (κ2) is 4.35. The average Bonchev–Trinajstić information content (AvgIpc) is 2.43. The lowest BCUT2D eigenvalue weighted by atomic mass is 9.95. The molecule has 0 saturated carbocycles. The Morgan fingerprint density at radius 3 is 2.15 bits per heavy atom. The number of carboxylic acids is 2. The van der Waals surface area contributed by atoms with Gasteiger partial charge in [0.15, 0.2) is 0 Å². The van der Waals surface area contributed by atoms with Crippen LogP contribution in [0.4, 0.5) is 0 Å². The van der Waals surface area contributed by atoms with Gasteiger partial charge in [0.25, 0.3) is 0 Å². The van der Waals surface area contributed by atoms with Gasteiger partial charge in [-0.05, 0) is 39.7 Å². The van der Waals surface area contributed by atoms with Gasteiger partial charge in [-0.25, -0.2) is 9.59 Å². The summed E-state index contributed by atoms with van der Waals surface area (Å²) in [6, 6.07) is 13.6. The maximum Gasteiger partial charge on any atom is 0.336 e. The molecule has 98 valence electrons. The number of hydrogen-bond acceptors (Lipinski definition) is 2. The largest absolute Gasteiger partial charge is 0.478 e. The Morgan fingerprint density at radius 1 is 0.750 bits per heavy atom. The smallest absolute Gasteiger partial charge is 0.336 e. The van der Waals surface area contributed by atoms with E-state index in [1.165, 1.54) is 12.1 Å². The van der Waals surface area contributed by atoms with E-state index < -0.39 is 11.9 Å². The summed E-state index contributed by atoms with van der Waals surface area (Å²) in [6.07, 6.45) is 0. The summed E-state index contributed by atoms with van der Waals surface area (Å²) in [5.74, 6) is -2.13. The van der Waals surface area contributed by atoms with Crippen LogP contribution in [-0.2, 0) is 0 Å². The molecule has 3 aromatic carbocycles. The van der Waals surface area contributed by atoms with Crippen LogP contribution in [0, 0.1) is 0 Å². The maximum absolute atomic E-state index is 11.6. The van der Waals surface area contributed by atoms with E-state index in [4.69, 9.17) is 5.11 Å². The highest BCUT2D eigenvalue weighted by Gasteiger charge is 2.15. The van der Waals surface area contributed by atoms with Crippen molar-refractivity contribution < 1.29 is 19.8 Å². The van der Waals surface area contributed by atoms with Crippen LogP contribution in [0.3, 0.4) is 0 Å². The molecule has 0 fully saturated rings. The molecule has 2 N–H and O–H groups in total. The van der Waals surface area contributed by atoms with Crippen molar-refractivity contribution in [2.45, 2.75) is 0 Å². The van der Waals surface area contributed by atoms with Crippen molar-refractivity contribution in [3.63, 3.8) is 0 Å². The number of aromatic carboxylic acids is 2. The second-order valence-corrected chi connectivity index (χ2v) is 4.52. The number of carboxylic acid groups (broad SMARTS) is 2. The fourth-order valence-electron chi connectivity index (χ4n) is 2.43. The van der Waals surface area contributed by atoms with E-state index in [0.717, 1.165) is 5.39 Å². The molecule has 0 aromatic heterocycles. The number of hydrogen-bond donors (Lipinski definition) is 2. The van der Waals surface area contributed by atoms with Gasteiger partial charge >= 0.3 is 11.9 Å². The molecule has 20 heavy (non-hydrogen) atoms. The highest BCUT2D eigenvalue weighted by Crippen LogP contribution is 2.29. The minimum Gasteiger partial charge on any atom is -0.478 e. The first-order valence-electron chi connectivity index (χ1n) is 6.00. The molecule has 0 aliphatic heterocycles. The molecular formula is C16H10O4. The normalized spacial score (nSPS) is 10.8. The third-order valence-corrected chi connectivity index (χ3v) is 3.32. The van der Waals surface area contributed by atoms with Crippen LogP contribution in [0.2, 0.25) is 0 Å². The lowest BCUT2D eigenvalue weighted by Crippen LogP contribution is -2.01. The topological polar surface area (TPSA) is 74.6 Å². The van der Waals surface area contributed by atoms with Crippen LogP contribution in [0.15, 0.2) is 48.5 Å². The second-order valence-electron chi connectivity index (χ2n) is 4.52. The molecule has 3 rings (SSSR count). The van der Waals surface area contributed by atoms with Gasteiger partial charge in [-0.2, -0.15) is 0 Å². The summed E-state index contributed by atoms with van der Waals surface area (Å²) in [7, 11) is 0. The van der Waals surface area contributed by atoms with Crippen molar-refractivity contribution in [3.8, 4) is 0 Å². The van der Waals surface area contributed by atoms with Crippen molar-refractivity contribution in [2.24, 2.45) is 0 Å². The van der Waals surface area contributed by atoms with E-state index in [1.54, 1.807) is 18.2 Å². The number of carbonyl (C=O) groups is 2. The van der Waals surface area contributed by atoms with Gasteiger partial charge < -0.3 is 10.2 Å². The zero-order valence-corrected chi connectivity index (χ0v) is 10.3. The van der Waals surface area contributed by atoms with Crippen LogP contribution in [0.1, 0.15) is 20.7 Å². The number of benzene rings is 3. The predicted molar refractivity (Wildman–Crippen MR) is 75.4 cm³/mol. The number of fused-ring (bicyclic) bond motifs is 2. The first kappa shape index (κ1) is 12.2. The van der Waals surface area contributed by atoms with E-state index in [0.29, 0.717) is 16.2 Å². The highest BCUT2D eigenvalue weighted by atomic mass is 16.4. The Morgan fingerprint density at radius 2 is 1.45 bits per heavy atom.